The van der Waals surface area contributed by atoms with E-state index in [1.54, 1.807) is 6.26 Å². The monoisotopic (exact) mass is 327 g/mol. The van der Waals surface area contributed by atoms with Crippen LogP contribution < -0.4 is 0 Å². The number of imidazole rings is 1. The number of amides is 1. The highest BCUT2D eigenvalue weighted by atomic mass is 16.3. The van der Waals surface area contributed by atoms with Crippen molar-refractivity contribution in [3.8, 4) is 0 Å². The number of hydrogen-bond donors (Lipinski definition) is 0. The van der Waals surface area contributed by atoms with Gasteiger partial charge in [-0.1, -0.05) is 13.8 Å². The molecule has 0 spiro atoms. The third-order valence-corrected chi connectivity index (χ3v) is 5.33. The molecule has 2 fully saturated rings. The maximum Gasteiger partial charge on any atom is 0.226 e. The van der Waals surface area contributed by atoms with Crippen LogP contribution in [0, 0.1) is 5.92 Å². The zero-order valence-electron chi connectivity index (χ0n) is 14.4. The van der Waals surface area contributed by atoms with Crippen LogP contribution in [0.15, 0.2) is 35.2 Å². The number of piperidine rings is 1. The van der Waals surface area contributed by atoms with Gasteiger partial charge in [0, 0.05) is 43.2 Å². The lowest BCUT2D eigenvalue weighted by Crippen LogP contribution is -2.42. The number of rotatable bonds is 4. The predicted molar refractivity (Wildman–Crippen MR) is 90.7 cm³/mol. The summed E-state index contributed by atoms with van der Waals surface area (Å²) in [7, 11) is 0. The fourth-order valence-electron chi connectivity index (χ4n) is 3.98. The molecule has 0 aromatic carbocycles. The van der Waals surface area contributed by atoms with Gasteiger partial charge in [0.2, 0.25) is 5.91 Å². The maximum absolute atomic E-state index is 12.9. The van der Waals surface area contributed by atoms with E-state index >= 15 is 0 Å². The standard InChI is InChI=1S/C19H25N3O2/c1-13(2)18-20-7-9-22(18)14-5-3-8-21(12-14)19(23)16-11-15(16)17-6-4-10-24-17/h4,6-7,9-10,13-16H,3,5,8,11-12H2,1-2H3/t14-,15-,16+/m1/s1. The average Bonchev–Trinajstić information content (AvgIpc) is 3.03. The first kappa shape index (κ1) is 15.5. The molecule has 5 heteroatoms. The van der Waals surface area contributed by atoms with Crippen molar-refractivity contribution in [3.63, 3.8) is 0 Å². The van der Waals surface area contributed by atoms with Gasteiger partial charge in [0.05, 0.1) is 12.3 Å². The number of carbonyl (C=O) groups excluding carboxylic acids is 1. The molecule has 5 nitrogen and oxygen atoms in total. The second-order valence-corrected chi connectivity index (χ2v) is 7.39. The lowest BCUT2D eigenvalue weighted by atomic mass is 10.0. The summed E-state index contributed by atoms with van der Waals surface area (Å²) in [6, 6.07) is 4.24. The Hall–Kier alpha value is -2.04. The molecule has 1 amide bonds. The maximum atomic E-state index is 12.9. The zero-order valence-corrected chi connectivity index (χ0v) is 14.4. The van der Waals surface area contributed by atoms with E-state index < -0.39 is 0 Å². The number of hydrogen-bond acceptors (Lipinski definition) is 3. The first-order valence-electron chi connectivity index (χ1n) is 9.00. The normalized spacial score (nSPS) is 26.8. The van der Waals surface area contributed by atoms with E-state index in [1.165, 1.54) is 0 Å². The molecule has 2 aliphatic rings. The Kier molecular flexibility index (Phi) is 3.94. The van der Waals surface area contributed by atoms with Gasteiger partial charge in [0.15, 0.2) is 0 Å². The molecule has 1 aliphatic heterocycles. The van der Waals surface area contributed by atoms with Gasteiger partial charge in [-0.05, 0) is 31.4 Å². The lowest BCUT2D eigenvalue weighted by Gasteiger charge is -2.34. The summed E-state index contributed by atoms with van der Waals surface area (Å²) >= 11 is 0. The Bertz CT molecular complexity index is 704. The average molecular weight is 327 g/mol. The quantitative estimate of drug-likeness (QED) is 0.862. The summed E-state index contributed by atoms with van der Waals surface area (Å²) in [5.41, 5.74) is 0. The minimum Gasteiger partial charge on any atom is -0.469 e. The van der Waals surface area contributed by atoms with Gasteiger partial charge >= 0.3 is 0 Å². The number of furan rings is 1. The topological polar surface area (TPSA) is 51.3 Å². The summed E-state index contributed by atoms with van der Waals surface area (Å²) < 4.78 is 7.74. The summed E-state index contributed by atoms with van der Waals surface area (Å²) in [5.74, 6) is 3.17. The Morgan fingerprint density at radius 3 is 3.04 bits per heavy atom. The minimum absolute atomic E-state index is 0.113. The third-order valence-electron chi connectivity index (χ3n) is 5.33. The third kappa shape index (κ3) is 2.76. The molecule has 1 aliphatic carbocycles. The molecule has 0 N–H and O–H groups in total. The molecule has 2 aromatic rings. The van der Waals surface area contributed by atoms with E-state index in [-0.39, 0.29) is 11.8 Å². The van der Waals surface area contributed by atoms with Crippen molar-refractivity contribution in [3.05, 3.63) is 42.4 Å². The highest BCUT2D eigenvalue weighted by Gasteiger charge is 2.48. The van der Waals surface area contributed by atoms with Crippen molar-refractivity contribution in [1.29, 1.82) is 0 Å². The van der Waals surface area contributed by atoms with Gasteiger partial charge in [0.1, 0.15) is 11.6 Å². The second kappa shape index (κ2) is 6.11. The molecule has 1 saturated heterocycles. The molecule has 0 unspecified atom stereocenters. The minimum atomic E-state index is 0.113. The van der Waals surface area contributed by atoms with Crippen LogP contribution in [0.2, 0.25) is 0 Å². The Morgan fingerprint density at radius 1 is 1.42 bits per heavy atom. The highest BCUT2D eigenvalue weighted by Crippen LogP contribution is 2.49. The van der Waals surface area contributed by atoms with Crippen LogP contribution in [0.5, 0.6) is 0 Å². The van der Waals surface area contributed by atoms with Gasteiger partial charge in [-0.3, -0.25) is 4.79 Å². The highest BCUT2D eigenvalue weighted by molar-refractivity contribution is 5.83. The summed E-state index contributed by atoms with van der Waals surface area (Å²) in [6.45, 7) is 6.02. The first-order valence-corrected chi connectivity index (χ1v) is 9.00. The Balaban J connectivity index is 1.44. The lowest BCUT2D eigenvalue weighted by molar-refractivity contribution is -0.134. The number of aromatic nitrogens is 2. The van der Waals surface area contributed by atoms with E-state index in [0.717, 1.165) is 43.9 Å². The van der Waals surface area contributed by atoms with Crippen molar-refractivity contribution in [2.24, 2.45) is 5.92 Å². The Morgan fingerprint density at radius 2 is 2.29 bits per heavy atom. The second-order valence-electron chi connectivity index (χ2n) is 7.39. The first-order chi connectivity index (χ1) is 11.6. The van der Waals surface area contributed by atoms with Crippen LogP contribution in [0.3, 0.4) is 0 Å². The molecular formula is C19H25N3O2. The summed E-state index contributed by atoms with van der Waals surface area (Å²) in [5, 5.41) is 0. The van der Waals surface area contributed by atoms with E-state index in [2.05, 4.69) is 34.5 Å². The van der Waals surface area contributed by atoms with Gasteiger partial charge in [-0.2, -0.15) is 0 Å². The van der Waals surface area contributed by atoms with E-state index in [9.17, 15) is 4.79 Å². The number of likely N-dealkylation sites (tertiary alicyclic amines) is 1. The molecule has 1 saturated carbocycles. The predicted octanol–water partition coefficient (Wildman–Crippen LogP) is 3.57. The van der Waals surface area contributed by atoms with Crippen LogP contribution in [0.4, 0.5) is 0 Å². The molecule has 128 valence electrons. The fraction of sp³-hybridized carbons (Fsp3) is 0.579. The van der Waals surface area contributed by atoms with Gasteiger partial charge in [-0.25, -0.2) is 4.98 Å². The molecule has 24 heavy (non-hydrogen) atoms. The van der Waals surface area contributed by atoms with Crippen molar-refractivity contribution in [2.45, 2.75) is 51.0 Å². The molecule has 3 heterocycles. The molecule has 0 radical (unpaired) electrons. The van der Waals surface area contributed by atoms with E-state index in [0.29, 0.717) is 17.9 Å². The fourth-order valence-corrected chi connectivity index (χ4v) is 3.98. The van der Waals surface area contributed by atoms with Crippen LogP contribution in [-0.2, 0) is 4.79 Å². The Labute approximate surface area is 142 Å². The van der Waals surface area contributed by atoms with Crippen LogP contribution in [0.25, 0.3) is 0 Å². The number of nitrogens with zero attached hydrogens (tertiary/aromatic N) is 3. The van der Waals surface area contributed by atoms with Crippen LogP contribution >= 0.6 is 0 Å². The van der Waals surface area contributed by atoms with E-state index in [4.69, 9.17) is 4.42 Å². The van der Waals surface area contributed by atoms with Crippen molar-refractivity contribution >= 4 is 5.91 Å². The van der Waals surface area contributed by atoms with Crippen molar-refractivity contribution in [2.75, 3.05) is 13.1 Å². The van der Waals surface area contributed by atoms with Crippen LogP contribution in [0.1, 0.15) is 62.6 Å². The van der Waals surface area contributed by atoms with Crippen molar-refractivity contribution < 1.29 is 9.21 Å². The molecule has 0 bridgehead atoms. The van der Waals surface area contributed by atoms with Crippen LogP contribution in [-0.4, -0.2) is 33.4 Å². The zero-order chi connectivity index (χ0) is 16.7. The molecule has 2 aromatic heterocycles. The molecule has 3 atom stereocenters. The van der Waals surface area contributed by atoms with Crippen molar-refractivity contribution in [1.82, 2.24) is 14.5 Å². The van der Waals surface area contributed by atoms with Gasteiger partial charge < -0.3 is 13.9 Å². The molecule has 4 rings (SSSR count). The summed E-state index contributed by atoms with van der Waals surface area (Å²) in [6.07, 6.45) is 8.74. The smallest absolute Gasteiger partial charge is 0.226 e. The SMILES string of the molecule is CC(C)c1nccn1[C@@H]1CCCN(C(=O)[C@H]2C[C@H]2c2ccco2)C1. The van der Waals surface area contributed by atoms with E-state index in [1.807, 2.05) is 18.3 Å². The largest absolute Gasteiger partial charge is 0.469 e. The molecular weight excluding hydrogens is 302 g/mol. The van der Waals surface area contributed by atoms with Gasteiger partial charge in [-0.15, -0.1) is 0 Å². The number of carbonyl (C=O) groups is 1. The van der Waals surface area contributed by atoms with Gasteiger partial charge in [0.25, 0.3) is 0 Å². The summed E-state index contributed by atoms with van der Waals surface area (Å²) in [4.78, 5) is 19.4.